The number of fused-ring (bicyclic) bond motifs is 1. The highest BCUT2D eigenvalue weighted by molar-refractivity contribution is 6.33. The monoisotopic (exact) mass is 298 g/mol. The number of halogens is 2. The van der Waals surface area contributed by atoms with Gasteiger partial charge in [-0.1, -0.05) is 11.6 Å². The van der Waals surface area contributed by atoms with Crippen LogP contribution in [0, 0.1) is 11.9 Å². The number of aromatic nitrogens is 1. The van der Waals surface area contributed by atoms with Gasteiger partial charge in [0.05, 0.1) is 10.6 Å². The lowest BCUT2D eigenvalue weighted by molar-refractivity contribution is -0.144. The van der Waals surface area contributed by atoms with Crippen LogP contribution < -0.4 is 4.90 Å². The van der Waals surface area contributed by atoms with Gasteiger partial charge in [-0.2, -0.15) is 9.37 Å². The Labute approximate surface area is 117 Å². The zero-order valence-corrected chi connectivity index (χ0v) is 10.7. The van der Waals surface area contributed by atoms with Crippen molar-refractivity contribution in [3.05, 3.63) is 22.6 Å². The van der Waals surface area contributed by atoms with Gasteiger partial charge >= 0.3 is 5.97 Å². The third-order valence-electron chi connectivity index (χ3n) is 3.31. The zero-order valence-electron chi connectivity index (χ0n) is 9.97. The number of ketones is 1. The van der Waals surface area contributed by atoms with Crippen LogP contribution in [-0.2, 0) is 9.59 Å². The summed E-state index contributed by atoms with van der Waals surface area (Å²) >= 11 is 5.58. The van der Waals surface area contributed by atoms with Gasteiger partial charge in [-0.25, -0.2) is 0 Å². The van der Waals surface area contributed by atoms with Gasteiger partial charge in [0.15, 0.2) is 11.7 Å². The zero-order chi connectivity index (χ0) is 14.6. The number of anilines is 1. The number of nitrogens with zero attached hydrogens (tertiary/aromatic N) is 2. The van der Waals surface area contributed by atoms with Gasteiger partial charge < -0.3 is 5.11 Å². The van der Waals surface area contributed by atoms with E-state index in [0.717, 1.165) is 11.0 Å². The highest BCUT2D eigenvalue weighted by Gasteiger charge is 2.49. The standard InChI is InChI=1S/C12H8ClFN2O4/c13-6-3-5-8(17)7(12(19)20)11(18)16(4-1-2-4)10(5)15-9(6)14/h3-4,7H,1-2H2,(H,19,20). The normalized spacial score (nSPS) is 21.9. The smallest absolute Gasteiger partial charge is 0.324 e. The number of hydrogen-bond donors (Lipinski definition) is 1. The Morgan fingerprint density at radius 1 is 1.45 bits per heavy atom. The van der Waals surface area contributed by atoms with Crippen molar-refractivity contribution in [3.63, 3.8) is 0 Å². The molecule has 2 heterocycles. The summed E-state index contributed by atoms with van der Waals surface area (Å²) < 4.78 is 13.5. The second-order valence-electron chi connectivity index (χ2n) is 4.71. The van der Waals surface area contributed by atoms with Crippen LogP contribution in [0.5, 0.6) is 0 Å². The lowest BCUT2D eigenvalue weighted by atomic mass is 9.92. The first-order chi connectivity index (χ1) is 9.41. The average Bonchev–Trinajstić information content (AvgIpc) is 3.16. The van der Waals surface area contributed by atoms with E-state index in [-0.39, 0.29) is 22.4 Å². The maximum atomic E-state index is 13.5. The van der Waals surface area contributed by atoms with E-state index in [1.54, 1.807) is 0 Å². The number of carbonyl (C=O) groups excluding carboxylic acids is 2. The van der Waals surface area contributed by atoms with Crippen LogP contribution in [0.1, 0.15) is 23.2 Å². The summed E-state index contributed by atoms with van der Waals surface area (Å²) in [7, 11) is 0. The number of carboxylic acid groups (broad SMARTS) is 1. The minimum Gasteiger partial charge on any atom is -0.480 e. The molecule has 1 atom stereocenters. The van der Waals surface area contributed by atoms with Crippen molar-refractivity contribution in [1.29, 1.82) is 0 Å². The molecule has 1 aromatic heterocycles. The van der Waals surface area contributed by atoms with Gasteiger partial charge in [-0.3, -0.25) is 19.3 Å². The Hall–Kier alpha value is -2.02. The number of pyridine rings is 1. The quantitative estimate of drug-likeness (QED) is 0.656. The summed E-state index contributed by atoms with van der Waals surface area (Å²) in [5.41, 5.74) is -0.129. The van der Waals surface area contributed by atoms with Gasteiger partial charge in [0.1, 0.15) is 5.82 Å². The molecule has 1 N–H and O–H groups in total. The summed E-state index contributed by atoms with van der Waals surface area (Å²) in [5.74, 6) is -6.26. The number of aliphatic carboxylic acids is 1. The fourth-order valence-corrected chi connectivity index (χ4v) is 2.39. The molecular weight excluding hydrogens is 291 g/mol. The molecule has 1 saturated carbocycles. The van der Waals surface area contributed by atoms with Gasteiger partial charge in [0.25, 0.3) is 5.91 Å². The Morgan fingerprint density at radius 2 is 2.10 bits per heavy atom. The van der Waals surface area contributed by atoms with Gasteiger partial charge in [0, 0.05) is 6.04 Å². The molecule has 20 heavy (non-hydrogen) atoms. The molecule has 1 aliphatic heterocycles. The van der Waals surface area contributed by atoms with Crippen LogP contribution in [0.3, 0.4) is 0 Å². The molecule has 0 saturated heterocycles. The SMILES string of the molecule is O=C(O)C1C(=O)c2cc(Cl)c(F)nc2N(C2CC2)C1=O. The van der Waals surface area contributed by atoms with Crippen molar-refractivity contribution in [3.8, 4) is 0 Å². The molecule has 0 radical (unpaired) electrons. The summed E-state index contributed by atoms with van der Waals surface area (Å²) in [6.45, 7) is 0. The minimum absolute atomic E-state index is 0.129. The second-order valence-corrected chi connectivity index (χ2v) is 5.11. The fourth-order valence-electron chi connectivity index (χ4n) is 2.24. The van der Waals surface area contributed by atoms with E-state index in [1.807, 2.05) is 0 Å². The van der Waals surface area contributed by atoms with E-state index in [2.05, 4.69) is 4.98 Å². The van der Waals surface area contributed by atoms with E-state index in [4.69, 9.17) is 16.7 Å². The van der Waals surface area contributed by atoms with E-state index in [9.17, 15) is 18.8 Å². The minimum atomic E-state index is -1.81. The topological polar surface area (TPSA) is 87.6 Å². The van der Waals surface area contributed by atoms with Crippen molar-refractivity contribution in [1.82, 2.24) is 4.98 Å². The number of amides is 1. The molecule has 0 aromatic carbocycles. The molecule has 0 bridgehead atoms. The first-order valence-corrected chi connectivity index (χ1v) is 6.25. The van der Waals surface area contributed by atoms with Crippen LogP contribution >= 0.6 is 11.6 Å². The lowest BCUT2D eigenvalue weighted by Crippen LogP contribution is -2.49. The van der Waals surface area contributed by atoms with Crippen LogP contribution in [0.2, 0.25) is 5.02 Å². The Kier molecular flexibility index (Phi) is 2.75. The summed E-state index contributed by atoms with van der Waals surface area (Å²) in [6.07, 6.45) is 1.33. The third kappa shape index (κ3) is 1.77. The predicted molar refractivity (Wildman–Crippen MR) is 65.2 cm³/mol. The fraction of sp³-hybridized carbons (Fsp3) is 0.333. The van der Waals surface area contributed by atoms with Crippen LogP contribution in [-0.4, -0.2) is 33.8 Å². The van der Waals surface area contributed by atoms with Crippen molar-refractivity contribution in [2.45, 2.75) is 18.9 Å². The molecule has 0 spiro atoms. The van der Waals surface area contributed by atoms with Crippen molar-refractivity contribution < 1.29 is 23.9 Å². The van der Waals surface area contributed by atoms with Crippen molar-refractivity contribution in [2.24, 2.45) is 5.92 Å². The Morgan fingerprint density at radius 3 is 2.65 bits per heavy atom. The summed E-state index contributed by atoms with van der Waals surface area (Å²) in [6, 6.07) is 0.795. The Balaban J connectivity index is 2.21. The highest BCUT2D eigenvalue weighted by atomic mass is 35.5. The number of carbonyl (C=O) groups is 3. The second kappa shape index (κ2) is 4.24. The largest absolute Gasteiger partial charge is 0.480 e. The van der Waals surface area contributed by atoms with Crippen molar-refractivity contribution >= 4 is 35.1 Å². The summed E-state index contributed by atoms with van der Waals surface area (Å²) in [5, 5.41) is 8.67. The molecule has 6 nitrogen and oxygen atoms in total. The predicted octanol–water partition coefficient (Wildman–Crippen LogP) is 1.27. The van der Waals surface area contributed by atoms with E-state index in [0.29, 0.717) is 12.8 Å². The molecule has 8 heteroatoms. The van der Waals surface area contributed by atoms with E-state index in [1.165, 1.54) is 0 Å². The van der Waals surface area contributed by atoms with Crippen LogP contribution in [0.15, 0.2) is 6.07 Å². The van der Waals surface area contributed by atoms with Gasteiger partial charge in [-0.05, 0) is 18.9 Å². The molecule has 1 amide bonds. The first kappa shape index (κ1) is 13.0. The highest BCUT2D eigenvalue weighted by Crippen LogP contribution is 2.39. The number of hydrogen-bond acceptors (Lipinski definition) is 4. The van der Waals surface area contributed by atoms with Crippen LogP contribution in [0.4, 0.5) is 10.2 Å². The van der Waals surface area contributed by atoms with Gasteiger partial charge in [0.2, 0.25) is 5.95 Å². The molecule has 1 unspecified atom stereocenters. The number of carboxylic acids is 1. The molecule has 2 aliphatic rings. The molecule has 1 fully saturated rings. The molecular formula is C12H8ClFN2O4. The van der Waals surface area contributed by atoms with E-state index >= 15 is 0 Å². The lowest BCUT2D eigenvalue weighted by Gasteiger charge is -2.30. The third-order valence-corrected chi connectivity index (χ3v) is 3.58. The van der Waals surface area contributed by atoms with Gasteiger partial charge in [-0.15, -0.1) is 0 Å². The molecule has 104 valence electrons. The number of Topliss-reactive ketones (excluding diaryl/α,β-unsaturated/α-hetero) is 1. The molecule has 1 aromatic rings. The molecule has 1 aliphatic carbocycles. The summed E-state index contributed by atoms with van der Waals surface area (Å²) in [4.78, 5) is 40.0. The maximum Gasteiger partial charge on any atom is 0.324 e. The first-order valence-electron chi connectivity index (χ1n) is 5.88. The van der Waals surface area contributed by atoms with Crippen molar-refractivity contribution in [2.75, 3.05) is 4.90 Å². The van der Waals surface area contributed by atoms with E-state index < -0.39 is 29.5 Å². The van der Waals surface area contributed by atoms with Crippen LogP contribution in [0.25, 0.3) is 0 Å². The maximum absolute atomic E-state index is 13.5. The average molecular weight is 299 g/mol. The number of rotatable bonds is 2. The Bertz CT molecular complexity index is 659. The molecule has 3 rings (SSSR count).